The zero-order chi connectivity index (χ0) is 23.7. The molecule has 0 unspecified atom stereocenters. The van der Waals surface area contributed by atoms with Gasteiger partial charge < -0.3 is 14.7 Å². The highest BCUT2D eigenvalue weighted by Gasteiger charge is 2.12. The number of carbonyl (C=O) groups is 1. The molecule has 3 N–H and O–H groups in total. The van der Waals surface area contributed by atoms with E-state index >= 15 is 0 Å². The number of carbonyl (C=O) groups excluding carboxylic acids is 1. The van der Waals surface area contributed by atoms with Crippen LogP contribution in [0.5, 0.6) is 0 Å². The Morgan fingerprint density at radius 3 is 2.62 bits per heavy atom. The fourth-order valence-electron chi connectivity index (χ4n) is 3.88. The first-order chi connectivity index (χ1) is 16.5. The summed E-state index contributed by atoms with van der Waals surface area (Å²) in [5.74, 6) is 0. The molecule has 6 nitrogen and oxygen atoms in total. The summed E-state index contributed by atoms with van der Waals surface area (Å²) in [5.41, 5.74) is 4.22. The standard InChI is InChI=1S/C26H19Cl2N3O3/c27-21-8-5-15(11-22(21)28)9-10-34-26(33)30-17-7-6-16-12-19(25(32)31-24(16)13-17)20-14-29-23-4-2-1-3-18(20)23/h1-8,11-14,29H,9-10H2,(H,30,33)(H,31,32). The van der Waals surface area contributed by atoms with Gasteiger partial charge in [0, 0.05) is 40.3 Å². The van der Waals surface area contributed by atoms with Gasteiger partial charge in [-0.05, 0) is 47.3 Å². The summed E-state index contributed by atoms with van der Waals surface area (Å²) in [6, 6.07) is 20.3. The summed E-state index contributed by atoms with van der Waals surface area (Å²) >= 11 is 11.9. The highest BCUT2D eigenvalue weighted by Crippen LogP contribution is 2.28. The molecule has 5 aromatic rings. The fraction of sp³-hybridized carbons (Fsp3) is 0.0769. The molecule has 0 atom stereocenters. The second-order valence-corrected chi connectivity index (χ2v) is 8.64. The molecule has 0 saturated carbocycles. The van der Waals surface area contributed by atoms with Crippen molar-refractivity contribution in [1.29, 1.82) is 0 Å². The van der Waals surface area contributed by atoms with Crippen LogP contribution in [-0.2, 0) is 11.2 Å². The molecule has 1 amide bonds. The fourth-order valence-corrected chi connectivity index (χ4v) is 4.20. The minimum atomic E-state index is -0.586. The van der Waals surface area contributed by atoms with Gasteiger partial charge in [0.1, 0.15) is 0 Å². The number of aromatic amines is 2. The van der Waals surface area contributed by atoms with Crippen molar-refractivity contribution < 1.29 is 9.53 Å². The van der Waals surface area contributed by atoms with Crippen LogP contribution in [0.1, 0.15) is 5.56 Å². The summed E-state index contributed by atoms with van der Waals surface area (Å²) < 4.78 is 5.26. The number of para-hydroxylation sites is 1. The number of anilines is 1. The van der Waals surface area contributed by atoms with Crippen LogP contribution in [0.2, 0.25) is 10.0 Å². The Morgan fingerprint density at radius 2 is 1.76 bits per heavy atom. The summed E-state index contributed by atoms with van der Waals surface area (Å²) in [6.45, 7) is 0.183. The Bertz CT molecular complexity index is 1590. The maximum atomic E-state index is 12.8. The van der Waals surface area contributed by atoms with Crippen molar-refractivity contribution in [2.45, 2.75) is 6.42 Å². The molecule has 34 heavy (non-hydrogen) atoms. The molecule has 170 valence electrons. The number of benzene rings is 3. The smallest absolute Gasteiger partial charge is 0.411 e. The molecular weight excluding hydrogens is 473 g/mol. The predicted octanol–water partition coefficient (Wildman–Crippen LogP) is 6.77. The van der Waals surface area contributed by atoms with Crippen LogP contribution in [0, 0.1) is 0 Å². The van der Waals surface area contributed by atoms with E-state index in [-0.39, 0.29) is 12.2 Å². The van der Waals surface area contributed by atoms with Crippen LogP contribution in [0.3, 0.4) is 0 Å². The maximum Gasteiger partial charge on any atom is 0.411 e. The summed E-state index contributed by atoms with van der Waals surface area (Å²) in [5, 5.41) is 5.46. The Labute approximate surface area is 204 Å². The molecule has 0 radical (unpaired) electrons. The first-order valence-electron chi connectivity index (χ1n) is 10.6. The van der Waals surface area contributed by atoms with Gasteiger partial charge in [0.05, 0.1) is 22.2 Å². The van der Waals surface area contributed by atoms with E-state index in [1.807, 2.05) is 48.7 Å². The van der Waals surface area contributed by atoms with Gasteiger partial charge in [0.2, 0.25) is 0 Å². The average Bonchev–Trinajstić information content (AvgIpc) is 3.25. The van der Waals surface area contributed by atoms with E-state index in [0.717, 1.165) is 27.4 Å². The first-order valence-corrected chi connectivity index (χ1v) is 11.3. The second-order valence-electron chi connectivity index (χ2n) is 7.82. The molecule has 0 aliphatic carbocycles. The van der Waals surface area contributed by atoms with E-state index in [0.29, 0.717) is 33.2 Å². The van der Waals surface area contributed by atoms with Gasteiger partial charge in [-0.2, -0.15) is 0 Å². The van der Waals surface area contributed by atoms with Crippen molar-refractivity contribution in [1.82, 2.24) is 9.97 Å². The molecule has 0 bridgehead atoms. The quantitative estimate of drug-likeness (QED) is 0.253. The number of hydrogen-bond acceptors (Lipinski definition) is 3. The van der Waals surface area contributed by atoms with E-state index in [2.05, 4.69) is 15.3 Å². The number of nitrogens with one attached hydrogen (secondary N) is 3. The Hall–Kier alpha value is -3.74. The number of H-pyrrole nitrogens is 2. The van der Waals surface area contributed by atoms with E-state index in [1.54, 1.807) is 24.3 Å². The number of halogens is 2. The number of amides is 1. The van der Waals surface area contributed by atoms with E-state index in [9.17, 15) is 9.59 Å². The molecule has 0 spiro atoms. The lowest BCUT2D eigenvalue weighted by atomic mass is 10.0. The molecule has 0 saturated heterocycles. The zero-order valence-electron chi connectivity index (χ0n) is 17.8. The molecule has 5 rings (SSSR count). The van der Waals surface area contributed by atoms with Crippen molar-refractivity contribution in [2.75, 3.05) is 11.9 Å². The number of aromatic nitrogens is 2. The van der Waals surface area contributed by atoms with Crippen LogP contribution in [0.4, 0.5) is 10.5 Å². The molecule has 0 aliphatic heterocycles. The monoisotopic (exact) mass is 491 g/mol. The Kier molecular flexibility index (Phi) is 6.01. The molecule has 0 fully saturated rings. The third-order valence-electron chi connectivity index (χ3n) is 5.58. The summed E-state index contributed by atoms with van der Waals surface area (Å²) in [4.78, 5) is 31.1. The van der Waals surface area contributed by atoms with Gasteiger partial charge >= 0.3 is 6.09 Å². The maximum absolute atomic E-state index is 12.8. The molecule has 8 heteroatoms. The lowest BCUT2D eigenvalue weighted by Gasteiger charge is -2.09. The lowest BCUT2D eigenvalue weighted by molar-refractivity contribution is 0.163. The predicted molar refractivity (Wildman–Crippen MR) is 137 cm³/mol. The number of ether oxygens (including phenoxy) is 1. The summed E-state index contributed by atoms with van der Waals surface area (Å²) in [7, 11) is 0. The van der Waals surface area contributed by atoms with Gasteiger partial charge in [-0.1, -0.05) is 53.5 Å². The minimum absolute atomic E-state index is 0.183. The van der Waals surface area contributed by atoms with Crippen LogP contribution >= 0.6 is 23.2 Å². The van der Waals surface area contributed by atoms with Crippen LogP contribution in [0.25, 0.3) is 32.9 Å². The normalized spacial score (nSPS) is 11.1. The van der Waals surface area contributed by atoms with Crippen molar-refractivity contribution in [2.24, 2.45) is 0 Å². The van der Waals surface area contributed by atoms with Crippen molar-refractivity contribution in [3.05, 3.63) is 98.9 Å². The molecule has 2 heterocycles. The zero-order valence-corrected chi connectivity index (χ0v) is 19.3. The summed E-state index contributed by atoms with van der Waals surface area (Å²) in [6.07, 6.45) is 1.76. The van der Waals surface area contributed by atoms with E-state index in [4.69, 9.17) is 27.9 Å². The van der Waals surface area contributed by atoms with Gasteiger partial charge in [0.15, 0.2) is 0 Å². The topological polar surface area (TPSA) is 87.0 Å². The number of hydrogen-bond donors (Lipinski definition) is 3. The van der Waals surface area contributed by atoms with Gasteiger partial charge in [-0.15, -0.1) is 0 Å². The highest BCUT2D eigenvalue weighted by atomic mass is 35.5. The van der Waals surface area contributed by atoms with E-state index in [1.165, 1.54) is 0 Å². The van der Waals surface area contributed by atoms with Crippen LogP contribution < -0.4 is 10.9 Å². The number of fused-ring (bicyclic) bond motifs is 2. The Morgan fingerprint density at radius 1 is 0.912 bits per heavy atom. The molecule has 3 aromatic carbocycles. The average molecular weight is 492 g/mol. The van der Waals surface area contributed by atoms with Gasteiger partial charge in [0.25, 0.3) is 5.56 Å². The number of pyridine rings is 1. The van der Waals surface area contributed by atoms with Crippen LogP contribution in [-0.4, -0.2) is 22.7 Å². The van der Waals surface area contributed by atoms with Crippen LogP contribution in [0.15, 0.2) is 77.7 Å². The lowest BCUT2D eigenvalue weighted by Crippen LogP contribution is -2.15. The van der Waals surface area contributed by atoms with Crippen molar-refractivity contribution >= 4 is 56.8 Å². The Balaban J connectivity index is 1.29. The first kappa shape index (κ1) is 22.1. The van der Waals surface area contributed by atoms with Crippen molar-refractivity contribution in [3.63, 3.8) is 0 Å². The van der Waals surface area contributed by atoms with E-state index < -0.39 is 6.09 Å². The SMILES string of the molecule is O=C(Nc1ccc2cc(-c3c[nH]c4ccccc34)c(=O)[nH]c2c1)OCCc1ccc(Cl)c(Cl)c1. The third kappa shape index (κ3) is 4.51. The molecular formula is C26H19Cl2N3O3. The number of rotatable bonds is 5. The van der Waals surface area contributed by atoms with Gasteiger partial charge in [-0.25, -0.2) is 4.79 Å². The second kappa shape index (κ2) is 9.25. The third-order valence-corrected chi connectivity index (χ3v) is 6.32. The minimum Gasteiger partial charge on any atom is -0.449 e. The molecule has 0 aliphatic rings. The van der Waals surface area contributed by atoms with Gasteiger partial charge in [-0.3, -0.25) is 10.1 Å². The van der Waals surface area contributed by atoms with Crippen molar-refractivity contribution in [3.8, 4) is 11.1 Å². The molecule has 2 aromatic heterocycles. The highest BCUT2D eigenvalue weighted by molar-refractivity contribution is 6.42. The largest absolute Gasteiger partial charge is 0.449 e.